The van der Waals surface area contributed by atoms with Crippen molar-refractivity contribution in [2.24, 2.45) is 0 Å². The summed E-state index contributed by atoms with van der Waals surface area (Å²) in [6.07, 6.45) is -5.71. The first-order valence-corrected chi connectivity index (χ1v) is 8.24. The van der Waals surface area contributed by atoms with Crippen LogP contribution in [0.25, 0.3) is 0 Å². The summed E-state index contributed by atoms with van der Waals surface area (Å²) >= 11 is 0. The third-order valence-corrected chi connectivity index (χ3v) is 3.42. The summed E-state index contributed by atoms with van der Waals surface area (Å²) in [6.45, 7) is 4.73. The minimum atomic E-state index is -4.69. The minimum absolute atomic E-state index is 0.455. The number of alkyl halides is 3. The van der Waals surface area contributed by atoms with Gasteiger partial charge in [-0.15, -0.1) is 0 Å². The molecule has 0 aliphatic carbocycles. The molecule has 2 amide bonds. The Labute approximate surface area is 162 Å². The van der Waals surface area contributed by atoms with Crippen LogP contribution in [-0.4, -0.2) is 17.6 Å². The van der Waals surface area contributed by atoms with Gasteiger partial charge < -0.3 is 10.1 Å². The molecule has 10 heteroatoms. The van der Waals surface area contributed by atoms with Crippen LogP contribution < -0.4 is 10.6 Å². The van der Waals surface area contributed by atoms with E-state index in [2.05, 4.69) is 5.32 Å². The normalized spacial score (nSPS) is 11.7. The lowest BCUT2D eigenvalue weighted by atomic mass is 10.1. The molecule has 0 aliphatic rings. The van der Waals surface area contributed by atoms with Gasteiger partial charge in [-0.1, -0.05) is 6.07 Å². The largest absolute Gasteiger partial charge is 0.444 e. The molecule has 29 heavy (non-hydrogen) atoms. The van der Waals surface area contributed by atoms with Crippen molar-refractivity contribution in [1.82, 2.24) is 0 Å². The van der Waals surface area contributed by atoms with Crippen LogP contribution in [0.4, 0.5) is 38.1 Å². The molecule has 0 saturated carbocycles. The highest BCUT2D eigenvalue weighted by molar-refractivity contribution is 6.05. The average Bonchev–Trinajstić information content (AvgIpc) is 2.58. The highest BCUT2D eigenvalue weighted by Gasteiger charge is 2.31. The van der Waals surface area contributed by atoms with Crippen molar-refractivity contribution in [3.63, 3.8) is 0 Å². The molecule has 2 aromatic rings. The first-order chi connectivity index (χ1) is 13.3. The van der Waals surface area contributed by atoms with Gasteiger partial charge >= 0.3 is 12.3 Å². The molecule has 0 aliphatic heterocycles. The summed E-state index contributed by atoms with van der Waals surface area (Å²) in [7, 11) is 0. The molecule has 0 radical (unpaired) electrons. The average molecular weight is 416 g/mol. The molecule has 2 rings (SSSR count). The first-order valence-electron chi connectivity index (χ1n) is 8.24. The third-order valence-electron chi connectivity index (χ3n) is 3.42. The van der Waals surface area contributed by atoms with Gasteiger partial charge in [0.15, 0.2) is 5.82 Å². The second-order valence-corrected chi connectivity index (χ2v) is 6.94. The van der Waals surface area contributed by atoms with Gasteiger partial charge in [-0.05, 0) is 51.1 Å². The van der Waals surface area contributed by atoms with Gasteiger partial charge in [-0.2, -0.15) is 13.2 Å². The molecular formula is C19H17F5N2O3. The van der Waals surface area contributed by atoms with Crippen molar-refractivity contribution in [2.75, 3.05) is 10.6 Å². The fourth-order valence-corrected chi connectivity index (χ4v) is 2.20. The number of nitrogens with one attached hydrogen (secondary N) is 2. The Hall–Kier alpha value is -3.17. The fraction of sp³-hybridized carbons (Fsp3) is 0.263. The number of rotatable bonds is 3. The van der Waals surface area contributed by atoms with Gasteiger partial charge in [0.05, 0.1) is 11.3 Å². The molecule has 0 saturated heterocycles. The minimum Gasteiger partial charge on any atom is -0.444 e. The van der Waals surface area contributed by atoms with E-state index in [4.69, 9.17) is 4.74 Å². The van der Waals surface area contributed by atoms with E-state index in [9.17, 15) is 31.5 Å². The van der Waals surface area contributed by atoms with E-state index in [-0.39, 0.29) is 0 Å². The van der Waals surface area contributed by atoms with Gasteiger partial charge in [0, 0.05) is 5.56 Å². The van der Waals surface area contributed by atoms with E-state index < -0.39 is 57.9 Å². The summed E-state index contributed by atoms with van der Waals surface area (Å²) in [5.74, 6) is -3.67. The number of carbonyl (C=O) groups is 2. The van der Waals surface area contributed by atoms with Crippen LogP contribution in [0.1, 0.15) is 36.7 Å². The van der Waals surface area contributed by atoms with Crippen LogP contribution in [0.15, 0.2) is 36.4 Å². The molecule has 156 valence electrons. The number of benzene rings is 2. The summed E-state index contributed by atoms with van der Waals surface area (Å²) in [5.41, 5.74) is -3.84. The van der Waals surface area contributed by atoms with Crippen LogP contribution in [0.5, 0.6) is 0 Å². The number of carbonyl (C=O) groups excluding carboxylic acids is 2. The van der Waals surface area contributed by atoms with Crippen molar-refractivity contribution < 1.29 is 36.3 Å². The Morgan fingerprint density at radius 1 is 0.966 bits per heavy atom. The van der Waals surface area contributed by atoms with Crippen molar-refractivity contribution in [3.8, 4) is 0 Å². The van der Waals surface area contributed by atoms with Gasteiger partial charge in [0.2, 0.25) is 0 Å². The molecule has 2 N–H and O–H groups in total. The number of hydrogen-bond acceptors (Lipinski definition) is 3. The Kier molecular flexibility index (Phi) is 6.15. The predicted octanol–water partition coefficient (Wildman–Crippen LogP) is 5.58. The van der Waals surface area contributed by atoms with Gasteiger partial charge in [0.1, 0.15) is 17.1 Å². The fourth-order valence-electron chi connectivity index (χ4n) is 2.20. The Bertz CT molecular complexity index is 936. The molecule has 0 heterocycles. The Morgan fingerprint density at radius 2 is 1.62 bits per heavy atom. The van der Waals surface area contributed by atoms with E-state index in [0.717, 1.165) is 30.3 Å². The van der Waals surface area contributed by atoms with E-state index in [0.29, 0.717) is 6.07 Å². The molecule has 0 atom stereocenters. The topological polar surface area (TPSA) is 67.4 Å². The lowest BCUT2D eigenvalue weighted by Crippen LogP contribution is -2.27. The number of hydrogen-bond donors (Lipinski definition) is 2. The van der Waals surface area contributed by atoms with Crippen molar-refractivity contribution >= 4 is 23.4 Å². The zero-order chi connectivity index (χ0) is 22.0. The van der Waals surface area contributed by atoms with Crippen molar-refractivity contribution in [3.05, 3.63) is 59.2 Å². The number of anilines is 2. The summed E-state index contributed by atoms with van der Waals surface area (Å²) < 4.78 is 71.9. The summed E-state index contributed by atoms with van der Waals surface area (Å²) in [4.78, 5) is 24.0. The second-order valence-electron chi connectivity index (χ2n) is 6.94. The zero-order valence-corrected chi connectivity index (χ0v) is 15.6. The maximum Gasteiger partial charge on any atom is 0.416 e. The van der Waals surface area contributed by atoms with Crippen molar-refractivity contribution in [1.29, 1.82) is 0 Å². The van der Waals surface area contributed by atoms with Gasteiger partial charge in [-0.25, -0.2) is 13.6 Å². The predicted molar refractivity (Wildman–Crippen MR) is 95.6 cm³/mol. The third kappa shape index (κ3) is 5.90. The number of amides is 2. The molecule has 0 unspecified atom stereocenters. The number of halogens is 5. The van der Waals surface area contributed by atoms with E-state index >= 15 is 0 Å². The van der Waals surface area contributed by atoms with Crippen LogP contribution in [0.3, 0.4) is 0 Å². The lowest BCUT2D eigenvalue weighted by molar-refractivity contribution is -0.137. The second kappa shape index (κ2) is 8.06. The molecular weight excluding hydrogens is 399 g/mol. The van der Waals surface area contributed by atoms with Crippen LogP contribution >= 0.6 is 0 Å². The molecule has 0 bridgehead atoms. The van der Waals surface area contributed by atoms with E-state index in [1.165, 1.54) is 0 Å². The lowest BCUT2D eigenvalue weighted by Gasteiger charge is -2.20. The first kappa shape index (κ1) is 22.1. The molecule has 0 spiro atoms. The van der Waals surface area contributed by atoms with Gasteiger partial charge in [-0.3, -0.25) is 10.1 Å². The molecule has 0 aromatic heterocycles. The summed E-state index contributed by atoms with van der Waals surface area (Å²) in [6, 6.07) is 5.04. The maximum absolute atomic E-state index is 14.6. The van der Waals surface area contributed by atoms with Crippen LogP contribution in [0, 0.1) is 11.6 Å². The van der Waals surface area contributed by atoms with Crippen molar-refractivity contribution in [2.45, 2.75) is 32.5 Å². The smallest absolute Gasteiger partial charge is 0.416 e. The van der Waals surface area contributed by atoms with E-state index in [1.807, 2.05) is 5.32 Å². The van der Waals surface area contributed by atoms with Gasteiger partial charge in [0.25, 0.3) is 5.91 Å². The Morgan fingerprint density at radius 3 is 2.21 bits per heavy atom. The maximum atomic E-state index is 14.6. The molecule has 2 aromatic carbocycles. The number of ether oxygens (including phenoxy) is 1. The highest BCUT2D eigenvalue weighted by atomic mass is 19.4. The Balaban J connectivity index is 2.27. The van der Waals surface area contributed by atoms with E-state index in [1.54, 1.807) is 20.8 Å². The summed E-state index contributed by atoms with van der Waals surface area (Å²) in [5, 5.41) is 3.96. The molecule has 5 nitrogen and oxygen atoms in total. The van der Waals surface area contributed by atoms with Crippen LogP contribution in [-0.2, 0) is 10.9 Å². The quantitative estimate of drug-likeness (QED) is 0.642. The standard InChI is InChI=1S/C19H17F5N2O3/c1-18(2,3)29-17(28)25-13-8-7-12(20)15(14(13)21)26-16(27)10-5-4-6-11(9-10)19(22,23)24/h4-9H,1-3H3,(H,25,28)(H,26,27). The highest BCUT2D eigenvalue weighted by Crippen LogP contribution is 2.30. The monoisotopic (exact) mass is 416 g/mol. The SMILES string of the molecule is CC(C)(C)OC(=O)Nc1ccc(F)c(NC(=O)c2cccc(C(F)(F)F)c2)c1F. The zero-order valence-electron chi connectivity index (χ0n) is 15.6. The molecule has 0 fully saturated rings. The van der Waals surface area contributed by atoms with Crippen LogP contribution in [0.2, 0.25) is 0 Å².